The van der Waals surface area contributed by atoms with Crippen LogP contribution in [0.5, 0.6) is 0 Å². The SMILES string of the molecule is CCCCCCCCCCCCCCOC(=O)CCCCCCCC(C)C. The van der Waals surface area contributed by atoms with Crippen LogP contribution in [-0.4, -0.2) is 12.6 Å². The molecule has 0 saturated carbocycles. The van der Waals surface area contributed by atoms with E-state index in [9.17, 15) is 4.79 Å². The van der Waals surface area contributed by atoms with Crippen LogP contribution in [0.2, 0.25) is 0 Å². The van der Waals surface area contributed by atoms with Crippen molar-refractivity contribution >= 4 is 5.97 Å². The Kier molecular flexibility index (Phi) is 21.3. The molecule has 0 N–H and O–H groups in total. The van der Waals surface area contributed by atoms with E-state index in [1.54, 1.807) is 0 Å². The van der Waals surface area contributed by atoms with Gasteiger partial charge in [-0.3, -0.25) is 4.79 Å². The third-order valence-corrected chi connectivity index (χ3v) is 5.42. The minimum absolute atomic E-state index is 0.0141. The highest BCUT2D eigenvalue weighted by molar-refractivity contribution is 5.69. The van der Waals surface area contributed by atoms with Gasteiger partial charge < -0.3 is 4.74 Å². The molecule has 2 nitrogen and oxygen atoms in total. The van der Waals surface area contributed by atoms with Crippen LogP contribution < -0.4 is 0 Å². The first-order valence-electron chi connectivity index (χ1n) is 12.3. The molecule has 0 atom stereocenters. The Morgan fingerprint density at radius 2 is 1.07 bits per heavy atom. The van der Waals surface area contributed by atoms with E-state index in [1.165, 1.54) is 103 Å². The van der Waals surface area contributed by atoms with Gasteiger partial charge in [0.05, 0.1) is 6.61 Å². The molecule has 0 aromatic heterocycles. The van der Waals surface area contributed by atoms with E-state index >= 15 is 0 Å². The Hall–Kier alpha value is -0.530. The number of hydrogen-bond donors (Lipinski definition) is 0. The predicted octanol–water partition coefficient (Wildman–Crippen LogP) is 8.62. The standard InChI is InChI=1S/C25H50O2/c1-4-5-6-7-8-9-10-11-12-13-17-20-23-27-25(26)22-19-16-14-15-18-21-24(2)3/h24H,4-23H2,1-3H3. The van der Waals surface area contributed by atoms with Gasteiger partial charge in [-0.2, -0.15) is 0 Å². The van der Waals surface area contributed by atoms with Crippen LogP contribution in [0, 0.1) is 5.92 Å². The number of unbranched alkanes of at least 4 members (excludes halogenated alkanes) is 15. The highest BCUT2D eigenvalue weighted by Crippen LogP contribution is 2.13. The van der Waals surface area contributed by atoms with Crippen molar-refractivity contribution in [2.75, 3.05) is 6.61 Å². The van der Waals surface area contributed by atoms with E-state index in [1.807, 2.05) is 0 Å². The number of ether oxygens (including phenoxy) is 1. The largest absolute Gasteiger partial charge is 0.466 e. The number of carbonyl (C=O) groups excluding carboxylic acids is 1. The first kappa shape index (κ1) is 26.5. The minimum atomic E-state index is 0.0141. The zero-order valence-electron chi connectivity index (χ0n) is 19.0. The van der Waals surface area contributed by atoms with Crippen LogP contribution in [-0.2, 0) is 9.53 Å². The van der Waals surface area contributed by atoms with Gasteiger partial charge in [0, 0.05) is 6.42 Å². The molecule has 27 heavy (non-hydrogen) atoms. The second kappa shape index (κ2) is 21.8. The monoisotopic (exact) mass is 382 g/mol. The molecule has 0 radical (unpaired) electrons. The van der Waals surface area contributed by atoms with Gasteiger partial charge in [-0.15, -0.1) is 0 Å². The Balaban J connectivity index is 3.14. The van der Waals surface area contributed by atoms with Gasteiger partial charge in [-0.05, 0) is 18.8 Å². The summed E-state index contributed by atoms with van der Waals surface area (Å²) in [4.78, 5) is 11.7. The Bertz CT molecular complexity index is 299. The van der Waals surface area contributed by atoms with Crippen molar-refractivity contribution in [3.8, 4) is 0 Å². The van der Waals surface area contributed by atoms with Crippen molar-refractivity contribution in [2.45, 2.75) is 143 Å². The average molecular weight is 383 g/mol. The fourth-order valence-corrected chi connectivity index (χ4v) is 3.55. The van der Waals surface area contributed by atoms with Gasteiger partial charge in [0.15, 0.2) is 0 Å². The average Bonchev–Trinajstić information content (AvgIpc) is 2.64. The van der Waals surface area contributed by atoms with E-state index in [0.717, 1.165) is 18.8 Å². The molecule has 0 aliphatic carbocycles. The molecule has 162 valence electrons. The maximum absolute atomic E-state index is 11.7. The summed E-state index contributed by atoms with van der Waals surface area (Å²) in [5.41, 5.74) is 0. The maximum atomic E-state index is 11.7. The quantitative estimate of drug-likeness (QED) is 0.147. The summed E-state index contributed by atoms with van der Waals surface area (Å²) < 4.78 is 5.35. The lowest BCUT2D eigenvalue weighted by Gasteiger charge is -2.06. The fraction of sp³-hybridized carbons (Fsp3) is 0.960. The molecule has 0 amide bonds. The number of hydrogen-bond acceptors (Lipinski definition) is 2. The van der Waals surface area contributed by atoms with Crippen molar-refractivity contribution in [2.24, 2.45) is 5.92 Å². The molecule has 0 saturated heterocycles. The predicted molar refractivity (Wildman–Crippen MR) is 119 cm³/mol. The highest BCUT2D eigenvalue weighted by Gasteiger charge is 2.02. The summed E-state index contributed by atoms with van der Waals surface area (Å²) in [5, 5.41) is 0. The second-order valence-electron chi connectivity index (χ2n) is 8.81. The van der Waals surface area contributed by atoms with Gasteiger partial charge >= 0.3 is 5.97 Å². The van der Waals surface area contributed by atoms with E-state index in [-0.39, 0.29) is 5.97 Å². The minimum Gasteiger partial charge on any atom is -0.466 e. The number of rotatable bonds is 21. The van der Waals surface area contributed by atoms with E-state index in [0.29, 0.717) is 13.0 Å². The zero-order chi connectivity index (χ0) is 20.0. The molecular formula is C25H50O2. The molecule has 0 spiro atoms. The molecule has 0 unspecified atom stereocenters. The molecule has 0 aliphatic rings. The lowest BCUT2D eigenvalue weighted by Crippen LogP contribution is -2.05. The van der Waals surface area contributed by atoms with Crippen LogP contribution in [0.1, 0.15) is 143 Å². The van der Waals surface area contributed by atoms with E-state index in [4.69, 9.17) is 4.74 Å². The maximum Gasteiger partial charge on any atom is 0.305 e. The number of carbonyl (C=O) groups is 1. The van der Waals surface area contributed by atoms with E-state index < -0.39 is 0 Å². The first-order valence-corrected chi connectivity index (χ1v) is 12.3. The number of esters is 1. The topological polar surface area (TPSA) is 26.3 Å². The van der Waals surface area contributed by atoms with Crippen molar-refractivity contribution in [1.29, 1.82) is 0 Å². The molecular weight excluding hydrogens is 332 g/mol. The van der Waals surface area contributed by atoms with Crippen molar-refractivity contribution < 1.29 is 9.53 Å². The summed E-state index contributed by atoms with van der Waals surface area (Å²) in [5.74, 6) is 0.834. The van der Waals surface area contributed by atoms with Crippen LogP contribution in [0.15, 0.2) is 0 Å². The first-order chi connectivity index (χ1) is 13.2. The van der Waals surface area contributed by atoms with Gasteiger partial charge in [0.25, 0.3) is 0 Å². The summed E-state index contributed by atoms with van der Waals surface area (Å²) in [6.07, 6.45) is 24.1. The molecule has 0 heterocycles. The third-order valence-electron chi connectivity index (χ3n) is 5.42. The Morgan fingerprint density at radius 3 is 1.59 bits per heavy atom. The summed E-state index contributed by atoms with van der Waals surface area (Å²) in [7, 11) is 0. The van der Waals surface area contributed by atoms with Crippen LogP contribution >= 0.6 is 0 Å². The molecule has 0 bridgehead atoms. The van der Waals surface area contributed by atoms with Gasteiger partial charge in [-0.25, -0.2) is 0 Å². The molecule has 0 aromatic carbocycles. The Morgan fingerprint density at radius 1 is 0.630 bits per heavy atom. The zero-order valence-corrected chi connectivity index (χ0v) is 19.0. The second-order valence-corrected chi connectivity index (χ2v) is 8.81. The summed E-state index contributed by atoms with van der Waals surface area (Å²) in [6, 6.07) is 0. The van der Waals surface area contributed by atoms with Gasteiger partial charge in [0.2, 0.25) is 0 Å². The van der Waals surface area contributed by atoms with Crippen molar-refractivity contribution in [3.63, 3.8) is 0 Å². The van der Waals surface area contributed by atoms with Crippen molar-refractivity contribution in [1.82, 2.24) is 0 Å². The Labute approximate surface area is 171 Å². The molecule has 0 aliphatic heterocycles. The van der Waals surface area contributed by atoms with Gasteiger partial charge in [-0.1, -0.05) is 124 Å². The smallest absolute Gasteiger partial charge is 0.305 e. The fourth-order valence-electron chi connectivity index (χ4n) is 3.55. The normalized spacial score (nSPS) is 11.3. The highest BCUT2D eigenvalue weighted by atomic mass is 16.5. The van der Waals surface area contributed by atoms with Crippen molar-refractivity contribution in [3.05, 3.63) is 0 Å². The molecule has 0 rings (SSSR count). The molecule has 0 fully saturated rings. The molecule has 2 heteroatoms. The molecule has 0 aromatic rings. The lowest BCUT2D eigenvalue weighted by molar-refractivity contribution is -0.143. The summed E-state index contributed by atoms with van der Waals surface area (Å²) in [6.45, 7) is 7.47. The summed E-state index contributed by atoms with van der Waals surface area (Å²) >= 11 is 0. The lowest BCUT2D eigenvalue weighted by atomic mass is 10.0. The van der Waals surface area contributed by atoms with Crippen LogP contribution in [0.25, 0.3) is 0 Å². The third kappa shape index (κ3) is 23.4. The van der Waals surface area contributed by atoms with Crippen LogP contribution in [0.4, 0.5) is 0 Å². The van der Waals surface area contributed by atoms with E-state index in [2.05, 4.69) is 20.8 Å². The van der Waals surface area contributed by atoms with Crippen LogP contribution in [0.3, 0.4) is 0 Å². The van der Waals surface area contributed by atoms with Gasteiger partial charge in [0.1, 0.15) is 0 Å².